The minimum absolute atomic E-state index is 0.0575. The molecule has 1 amide bonds. The van der Waals surface area contributed by atoms with Crippen LogP contribution in [-0.4, -0.2) is 58.0 Å². The third-order valence-corrected chi connectivity index (χ3v) is 5.16. The number of carbonyl (C=O) groups is 1. The highest BCUT2D eigenvalue weighted by molar-refractivity contribution is 6.31. The maximum absolute atomic E-state index is 12.4. The lowest BCUT2D eigenvalue weighted by Crippen LogP contribution is -2.28. The van der Waals surface area contributed by atoms with E-state index in [0.29, 0.717) is 28.5 Å². The van der Waals surface area contributed by atoms with Crippen molar-refractivity contribution in [2.75, 3.05) is 27.4 Å². The Balaban J connectivity index is 1.46. The third-order valence-electron chi connectivity index (χ3n) is 4.93. The topological polar surface area (TPSA) is 143 Å². The minimum atomic E-state index is -0.643. The second kappa shape index (κ2) is 10.2. The SMILES string of the molecule is COc1ccc(-c2nnc3ccc(OCCNC(=O)c4cc(Cl)ccc4[N+](=O)[O-])nn23)c(OC)c1. The number of halogens is 1. The van der Waals surface area contributed by atoms with Crippen molar-refractivity contribution in [3.8, 4) is 28.8 Å². The first kappa shape index (κ1) is 23.7. The number of ether oxygens (including phenoxy) is 3. The lowest BCUT2D eigenvalue weighted by molar-refractivity contribution is -0.385. The molecule has 0 unspecified atom stereocenters. The Hall–Kier alpha value is -4.45. The summed E-state index contributed by atoms with van der Waals surface area (Å²) in [4.78, 5) is 22.9. The van der Waals surface area contributed by atoms with Crippen LogP contribution in [0.3, 0.4) is 0 Å². The fraction of sp³-hybridized carbons (Fsp3) is 0.182. The van der Waals surface area contributed by atoms with Crippen LogP contribution in [0, 0.1) is 10.1 Å². The molecular weight excluding hydrogens is 480 g/mol. The molecule has 0 saturated carbocycles. The zero-order valence-electron chi connectivity index (χ0n) is 18.6. The number of hydrogen-bond donors (Lipinski definition) is 1. The molecule has 2 heterocycles. The molecule has 0 aliphatic carbocycles. The number of amides is 1. The molecule has 13 heteroatoms. The fourth-order valence-electron chi connectivity index (χ4n) is 3.26. The molecule has 0 saturated heterocycles. The maximum atomic E-state index is 12.4. The highest BCUT2D eigenvalue weighted by Crippen LogP contribution is 2.32. The van der Waals surface area contributed by atoms with Crippen LogP contribution in [0.2, 0.25) is 5.02 Å². The van der Waals surface area contributed by atoms with Gasteiger partial charge in [0, 0.05) is 23.2 Å². The van der Waals surface area contributed by atoms with Crippen molar-refractivity contribution in [2.45, 2.75) is 0 Å². The van der Waals surface area contributed by atoms with Gasteiger partial charge >= 0.3 is 0 Å². The second-order valence-electron chi connectivity index (χ2n) is 7.05. The van der Waals surface area contributed by atoms with Gasteiger partial charge in [-0.15, -0.1) is 15.3 Å². The van der Waals surface area contributed by atoms with Gasteiger partial charge in [-0.05, 0) is 30.3 Å². The van der Waals surface area contributed by atoms with Crippen LogP contribution in [-0.2, 0) is 0 Å². The van der Waals surface area contributed by atoms with E-state index >= 15 is 0 Å². The van der Waals surface area contributed by atoms with E-state index in [1.165, 1.54) is 29.8 Å². The Kier molecular flexibility index (Phi) is 6.92. The molecular formula is C22H19ClN6O6. The van der Waals surface area contributed by atoms with Crippen LogP contribution < -0.4 is 19.5 Å². The van der Waals surface area contributed by atoms with Crippen molar-refractivity contribution in [2.24, 2.45) is 0 Å². The van der Waals surface area contributed by atoms with Crippen molar-refractivity contribution in [1.29, 1.82) is 0 Å². The predicted octanol–water partition coefficient (Wildman–Crippen LogP) is 3.18. The quantitative estimate of drug-likeness (QED) is 0.209. The van der Waals surface area contributed by atoms with Crippen LogP contribution in [0.15, 0.2) is 48.5 Å². The molecule has 2 aromatic heterocycles. The number of rotatable bonds is 9. The molecule has 4 rings (SSSR count). The molecule has 12 nitrogen and oxygen atoms in total. The van der Waals surface area contributed by atoms with Crippen LogP contribution in [0.4, 0.5) is 5.69 Å². The highest BCUT2D eigenvalue weighted by atomic mass is 35.5. The highest BCUT2D eigenvalue weighted by Gasteiger charge is 2.20. The van der Waals surface area contributed by atoms with Crippen molar-refractivity contribution < 1.29 is 23.9 Å². The Morgan fingerprint density at radius 3 is 2.69 bits per heavy atom. The molecule has 0 aliphatic heterocycles. The lowest BCUT2D eigenvalue weighted by Gasteiger charge is -2.10. The van der Waals surface area contributed by atoms with Gasteiger partial charge in [0.05, 0.1) is 31.3 Å². The zero-order chi connectivity index (χ0) is 24.9. The van der Waals surface area contributed by atoms with Gasteiger partial charge in [-0.1, -0.05) is 11.6 Å². The Bertz CT molecular complexity index is 1410. The molecule has 35 heavy (non-hydrogen) atoms. The molecule has 180 valence electrons. The maximum Gasteiger partial charge on any atom is 0.282 e. The Morgan fingerprint density at radius 2 is 1.94 bits per heavy atom. The van der Waals surface area contributed by atoms with Crippen molar-refractivity contribution in [3.63, 3.8) is 0 Å². The predicted molar refractivity (Wildman–Crippen MR) is 125 cm³/mol. The summed E-state index contributed by atoms with van der Waals surface area (Å²) in [5, 5.41) is 26.7. The number of nitro benzene ring substituents is 1. The van der Waals surface area contributed by atoms with Crippen LogP contribution in [0.1, 0.15) is 10.4 Å². The van der Waals surface area contributed by atoms with Gasteiger partial charge in [-0.3, -0.25) is 14.9 Å². The zero-order valence-corrected chi connectivity index (χ0v) is 19.4. The van der Waals surface area contributed by atoms with E-state index in [9.17, 15) is 14.9 Å². The number of nitro groups is 1. The summed E-state index contributed by atoms with van der Waals surface area (Å²) < 4.78 is 17.8. The molecule has 0 atom stereocenters. The average molecular weight is 499 g/mol. The fourth-order valence-corrected chi connectivity index (χ4v) is 3.44. The van der Waals surface area contributed by atoms with Gasteiger partial charge in [0.1, 0.15) is 23.7 Å². The summed E-state index contributed by atoms with van der Waals surface area (Å²) in [5.74, 6) is 1.21. The molecule has 1 N–H and O–H groups in total. The molecule has 2 aromatic carbocycles. The van der Waals surface area contributed by atoms with E-state index in [1.54, 1.807) is 37.4 Å². The van der Waals surface area contributed by atoms with Gasteiger partial charge in [-0.2, -0.15) is 4.52 Å². The number of fused-ring (bicyclic) bond motifs is 1. The summed E-state index contributed by atoms with van der Waals surface area (Å²) in [5.41, 5.74) is 0.672. The molecule has 0 fully saturated rings. The summed E-state index contributed by atoms with van der Waals surface area (Å²) in [7, 11) is 3.10. The first-order valence-electron chi connectivity index (χ1n) is 10.2. The number of aromatic nitrogens is 4. The van der Waals surface area contributed by atoms with Gasteiger partial charge in [-0.25, -0.2) is 0 Å². The summed E-state index contributed by atoms with van der Waals surface area (Å²) >= 11 is 5.87. The van der Waals surface area contributed by atoms with Crippen molar-refractivity contribution in [3.05, 3.63) is 69.2 Å². The number of nitrogens with one attached hydrogen (secondary N) is 1. The minimum Gasteiger partial charge on any atom is -0.497 e. The van der Waals surface area contributed by atoms with Crippen LogP contribution >= 0.6 is 11.6 Å². The number of benzene rings is 2. The van der Waals surface area contributed by atoms with Gasteiger partial charge < -0.3 is 19.5 Å². The van der Waals surface area contributed by atoms with E-state index in [4.69, 9.17) is 25.8 Å². The van der Waals surface area contributed by atoms with E-state index < -0.39 is 10.8 Å². The Labute approximate surface area is 203 Å². The smallest absolute Gasteiger partial charge is 0.282 e. The number of hydrogen-bond acceptors (Lipinski definition) is 9. The lowest BCUT2D eigenvalue weighted by atomic mass is 10.1. The summed E-state index contributed by atoms with van der Waals surface area (Å²) in [6, 6.07) is 12.4. The van der Waals surface area contributed by atoms with E-state index in [2.05, 4.69) is 20.6 Å². The first-order valence-corrected chi connectivity index (χ1v) is 10.6. The van der Waals surface area contributed by atoms with Crippen LogP contribution in [0.5, 0.6) is 17.4 Å². The molecule has 0 spiro atoms. The largest absolute Gasteiger partial charge is 0.497 e. The Morgan fingerprint density at radius 1 is 1.11 bits per heavy atom. The van der Waals surface area contributed by atoms with Crippen LogP contribution in [0.25, 0.3) is 17.0 Å². The normalized spacial score (nSPS) is 10.7. The van der Waals surface area contributed by atoms with Crippen molar-refractivity contribution >= 4 is 28.8 Å². The molecule has 0 aliphatic rings. The molecule has 4 aromatic rings. The second-order valence-corrected chi connectivity index (χ2v) is 7.49. The molecule has 0 radical (unpaired) electrons. The van der Waals surface area contributed by atoms with Gasteiger partial charge in [0.15, 0.2) is 11.5 Å². The monoisotopic (exact) mass is 498 g/mol. The summed E-state index contributed by atoms with van der Waals surface area (Å²) in [6.07, 6.45) is 0. The number of nitrogens with zero attached hydrogens (tertiary/aromatic N) is 5. The molecule has 0 bridgehead atoms. The summed E-state index contributed by atoms with van der Waals surface area (Å²) in [6.45, 7) is 0.130. The van der Waals surface area contributed by atoms with E-state index in [1.807, 2.05) is 0 Å². The number of methoxy groups -OCH3 is 2. The van der Waals surface area contributed by atoms with Gasteiger partial charge in [0.25, 0.3) is 11.6 Å². The average Bonchev–Trinajstić information content (AvgIpc) is 3.28. The van der Waals surface area contributed by atoms with E-state index in [-0.39, 0.29) is 35.3 Å². The van der Waals surface area contributed by atoms with Crippen molar-refractivity contribution in [1.82, 2.24) is 25.1 Å². The van der Waals surface area contributed by atoms with Gasteiger partial charge in [0.2, 0.25) is 5.88 Å². The standard InChI is InChI=1S/C22H19ClN6O6/c1-33-14-4-5-15(18(12-14)34-2)21-26-25-19-7-8-20(27-28(19)21)35-10-9-24-22(30)16-11-13(23)3-6-17(16)29(31)32/h3-8,11-12H,9-10H2,1-2H3,(H,24,30). The first-order chi connectivity index (χ1) is 16.9. The third kappa shape index (κ3) is 5.06. The number of carbonyl (C=O) groups excluding carboxylic acids is 1. The van der Waals surface area contributed by atoms with E-state index in [0.717, 1.165) is 0 Å².